The summed E-state index contributed by atoms with van der Waals surface area (Å²) in [6.07, 6.45) is 1.67. The smallest absolute Gasteiger partial charge is 0.335 e. The van der Waals surface area contributed by atoms with Gasteiger partial charge >= 0.3 is 12.0 Å². The predicted octanol–water partition coefficient (Wildman–Crippen LogP) is 2.03. The Bertz CT molecular complexity index is 480. The van der Waals surface area contributed by atoms with Crippen LogP contribution >= 0.6 is 0 Å². The number of carboxylic acids is 1. The maximum atomic E-state index is 12.1. The quantitative estimate of drug-likeness (QED) is 0.886. The van der Waals surface area contributed by atoms with Gasteiger partial charge in [-0.15, -0.1) is 0 Å². The van der Waals surface area contributed by atoms with Gasteiger partial charge in [-0.25, -0.2) is 9.59 Å². The van der Waals surface area contributed by atoms with Crippen LogP contribution in [0.4, 0.5) is 10.5 Å². The lowest BCUT2D eigenvalue weighted by Gasteiger charge is -2.31. The molecule has 6 nitrogen and oxygen atoms in total. The van der Waals surface area contributed by atoms with E-state index in [2.05, 4.69) is 5.32 Å². The molecule has 6 heteroatoms. The Morgan fingerprint density at radius 3 is 2.40 bits per heavy atom. The van der Waals surface area contributed by atoms with Gasteiger partial charge in [0.2, 0.25) is 0 Å². The molecule has 1 aromatic carbocycles. The van der Waals surface area contributed by atoms with E-state index in [1.807, 2.05) is 0 Å². The Labute approximate surface area is 117 Å². The second-order valence-corrected chi connectivity index (χ2v) is 4.77. The third-order valence-electron chi connectivity index (χ3n) is 3.44. The van der Waals surface area contributed by atoms with Crippen LogP contribution in [0.2, 0.25) is 0 Å². The summed E-state index contributed by atoms with van der Waals surface area (Å²) in [5.41, 5.74) is 0.777. The Morgan fingerprint density at radius 2 is 1.85 bits per heavy atom. The number of nitrogens with zero attached hydrogens (tertiary/aromatic N) is 1. The molecule has 2 amide bonds. The van der Waals surface area contributed by atoms with Crippen molar-refractivity contribution in [1.82, 2.24) is 4.90 Å². The van der Waals surface area contributed by atoms with Gasteiger partial charge in [0.1, 0.15) is 0 Å². The number of aromatic carboxylic acids is 1. The molecular formula is C14H18N2O4. The first kappa shape index (κ1) is 14.3. The fourth-order valence-electron chi connectivity index (χ4n) is 2.15. The summed E-state index contributed by atoms with van der Waals surface area (Å²) in [5, 5.41) is 11.6. The van der Waals surface area contributed by atoms with Crippen LogP contribution in [0.3, 0.4) is 0 Å². The molecule has 2 rings (SSSR count). The first-order valence-corrected chi connectivity index (χ1v) is 6.53. The molecule has 1 aromatic rings. The van der Waals surface area contributed by atoms with Crippen LogP contribution in [0.1, 0.15) is 23.2 Å². The van der Waals surface area contributed by atoms with E-state index in [1.165, 1.54) is 12.1 Å². The second-order valence-electron chi connectivity index (χ2n) is 4.77. The molecule has 108 valence electrons. The summed E-state index contributed by atoms with van der Waals surface area (Å²) in [5.74, 6) is -0.984. The minimum atomic E-state index is -0.984. The number of carbonyl (C=O) groups is 2. The number of urea groups is 1. The minimum absolute atomic E-state index is 0.182. The maximum Gasteiger partial charge on any atom is 0.335 e. The van der Waals surface area contributed by atoms with Crippen molar-refractivity contribution >= 4 is 17.7 Å². The van der Waals surface area contributed by atoms with Crippen molar-refractivity contribution in [3.05, 3.63) is 29.8 Å². The van der Waals surface area contributed by atoms with E-state index in [0.717, 1.165) is 12.8 Å². The van der Waals surface area contributed by atoms with E-state index in [0.29, 0.717) is 18.9 Å². The molecule has 0 aliphatic carbocycles. The fraction of sp³-hybridized carbons (Fsp3) is 0.429. The van der Waals surface area contributed by atoms with E-state index in [1.54, 1.807) is 24.1 Å². The molecule has 0 radical (unpaired) electrons. The van der Waals surface area contributed by atoms with Crippen LogP contribution in [0.15, 0.2) is 24.3 Å². The fourth-order valence-corrected chi connectivity index (χ4v) is 2.15. The summed E-state index contributed by atoms with van der Waals surface area (Å²) in [6, 6.07) is 6.08. The molecule has 0 spiro atoms. The van der Waals surface area contributed by atoms with Crippen molar-refractivity contribution in [3.8, 4) is 0 Å². The van der Waals surface area contributed by atoms with Gasteiger partial charge in [0.25, 0.3) is 0 Å². The number of anilines is 1. The van der Waals surface area contributed by atoms with E-state index < -0.39 is 5.97 Å². The van der Waals surface area contributed by atoms with Gasteiger partial charge in [-0.2, -0.15) is 0 Å². The Kier molecular flexibility index (Phi) is 4.57. The highest BCUT2D eigenvalue weighted by Gasteiger charge is 2.22. The lowest BCUT2D eigenvalue weighted by atomic mass is 10.1. The average Bonchev–Trinajstić information content (AvgIpc) is 2.48. The number of rotatable bonds is 3. The third kappa shape index (κ3) is 3.48. The van der Waals surface area contributed by atoms with Crippen LogP contribution in [0.5, 0.6) is 0 Å². The molecule has 0 saturated carbocycles. The van der Waals surface area contributed by atoms with Crippen LogP contribution in [-0.2, 0) is 4.74 Å². The highest BCUT2D eigenvalue weighted by atomic mass is 16.5. The van der Waals surface area contributed by atoms with Crippen molar-refractivity contribution < 1.29 is 19.4 Å². The van der Waals surface area contributed by atoms with Crippen molar-refractivity contribution in [2.24, 2.45) is 0 Å². The minimum Gasteiger partial charge on any atom is -0.478 e. The van der Waals surface area contributed by atoms with E-state index in [4.69, 9.17) is 9.84 Å². The van der Waals surface area contributed by atoms with Gasteiger partial charge in [0, 0.05) is 32.0 Å². The van der Waals surface area contributed by atoms with Crippen molar-refractivity contribution in [3.63, 3.8) is 0 Å². The van der Waals surface area contributed by atoms with Gasteiger partial charge in [0.15, 0.2) is 0 Å². The molecule has 1 saturated heterocycles. The lowest BCUT2D eigenvalue weighted by molar-refractivity contribution is 0.0544. The summed E-state index contributed by atoms with van der Waals surface area (Å²) in [7, 11) is 1.76. The summed E-state index contributed by atoms with van der Waals surface area (Å²) in [4.78, 5) is 24.5. The van der Waals surface area contributed by atoms with Crippen LogP contribution in [-0.4, -0.2) is 48.3 Å². The summed E-state index contributed by atoms with van der Waals surface area (Å²) < 4.78 is 5.27. The SMILES string of the molecule is CN(C(=O)Nc1ccc(C(=O)O)cc1)C1CCOCC1. The monoisotopic (exact) mass is 278 g/mol. The molecule has 1 aliphatic rings. The van der Waals surface area contributed by atoms with Crippen molar-refractivity contribution in [1.29, 1.82) is 0 Å². The topological polar surface area (TPSA) is 78.9 Å². The van der Waals surface area contributed by atoms with Crippen LogP contribution in [0.25, 0.3) is 0 Å². The Morgan fingerprint density at radius 1 is 1.25 bits per heavy atom. The average molecular weight is 278 g/mol. The highest BCUT2D eigenvalue weighted by molar-refractivity contribution is 5.91. The number of hydrogen-bond acceptors (Lipinski definition) is 3. The number of carboxylic acid groups (broad SMARTS) is 1. The van der Waals surface area contributed by atoms with E-state index in [-0.39, 0.29) is 17.6 Å². The molecule has 1 fully saturated rings. The number of carbonyl (C=O) groups excluding carboxylic acids is 1. The molecule has 20 heavy (non-hydrogen) atoms. The van der Waals surface area contributed by atoms with Crippen LogP contribution < -0.4 is 5.32 Å². The van der Waals surface area contributed by atoms with Gasteiger partial charge in [-0.3, -0.25) is 0 Å². The molecule has 0 bridgehead atoms. The van der Waals surface area contributed by atoms with Gasteiger partial charge in [0.05, 0.1) is 5.56 Å². The zero-order valence-electron chi connectivity index (χ0n) is 11.3. The first-order chi connectivity index (χ1) is 9.58. The number of amides is 2. The molecule has 0 atom stereocenters. The zero-order valence-corrected chi connectivity index (χ0v) is 11.3. The number of hydrogen-bond donors (Lipinski definition) is 2. The van der Waals surface area contributed by atoms with E-state index in [9.17, 15) is 9.59 Å². The molecule has 1 heterocycles. The largest absolute Gasteiger partial charge is 0.478 e. The van der Waals surface area contributed by atoms with Crippen LogP contribution in [0, 0.1) is 0 Å². The molecule has 0 aromatic heterocycles. The number of benzene rings is 1. The standard InChI is InChI=1S/C14H18N2O4/c1-16(12-6-8-20-9-7-12)14(19)15-11-4-2-10(3-5-11)13(17)18/h2-5,12H,6-9H2,1H3,(H,15,19)(H,17,18). The second kappa shape index (κ2) is 6.38. The van der Waals surface area contributed by atoms with Gasteiger partial charge in [-0.1, -0.05) is 0 Å². The van der Waals surface area contributed by atoms with Crippen molar-refractivity contribution in [2.75, 3.05) is 25.6 Å². The lowest BCUT2D eigenvalue weighted by Crippen LogP contribution is -2.42. The number of nitrogens with one attached hydrogen (secondary N) is 1. The Hall–Kier alpha value is -2.08. The summed E-state index contributed by atoms with van der Waals surface area (Å²) in [6.45, 7) is 1.35. The summed E-state index contributed by atoms with van der Waals surface area (Å²) >= 11 is 0. The van der Waals surface area contributed by atoms with Gasteiger partial charge < -0.3 is 20.1 Å². The molecule has 2 N–H and O–H groups in total. The Balaban J connectivity index is 1.94. The third-order valence-corrected chi connectivity index (χ3v) is 3.44. The normalized spacial score (nSPS) is 15.7. The molecule has 0 unspecified atom stereocenters. The van der Waals surface area contributed by atoms with E-state index >= 15 is 0 Å². The van der Waals surface area contributed by atoms with Crippen molar-refractivity contribution in [2.45, 2.75) is 18.9 Å². The van der Waals surface area contributed by atoms with Gasteiger partial charge in [-0.05, 0) is 37.1 Å². The first-order valence-electron chi connectivity index (χ1n) is 6.53. The molecular weight excluding hydrogens is 260 g/mol. The number of ether oxygens (including phenoxy) is 1. The molecule has 1 aliphatic heterocycles. The maximum absolute atomic E-state index is 12.1. The zero-order chi connectivity index (χ0) is 14.5. The predicted molar refractivity (Wildman–Crippen MR) is 74.0 cm³/mol. The highest BCUT2D eigenvalue weighted by Crippen LogP contribution is 2.15.